The van der Waals surface area contributed by atoms with Gasteiger partial charge in [-0.05, 0) is 66.2 Å². The lowest BCUT2D eigenvalue weighted by atomic mass is 10.1. The van der Waals surface area contributed by atoms with Gasteiger partial charge in [-0.2, -0.15) is 9.79 Å². The molecule has 0 aromatic rings. The minimum atomic E-state index is -2.94. The first-order chi connectivity index (χ1) is 26.8. The van der Waals surface area contributed by atoms with E-state index < -0.39 is 7.87 Å². The summed E-state index contributed by atoms with van der Waals surface area (Å²) in [6.07, 6.45) is 45.1. The van der Waals surface area contributed by atoms with Crippen molar-refractivity contribution in [3.8, 4) is 6.07 Å². The maximum atomic E-state index is 11.8. The molecule has 2 unspecified atom stereocenters. The van der Waals surface area contributed by atoms with Gasteiger partial charge >= 0.3 is 7.87 Å². The molecule has 2 atom stereocenters. The van der Waals surface area contributed by atoms with E-state index in [1.54, 1.807) is 0 Å². The van der Waals surface area contributed by atoms with Crippen LogP contribution < -0.4 is 0 Å². The van der Waals surface area contributed by atoms with Gasteiger partial charge in [-0.25, -0.2) is 4.89 Å². The highest BCUT2D eigenvalue weighted by atomic mass is 31.2. The van der Waals surface area contributed by atoms with Crippen LogP contribution in [0, 0.1) is 11.3 Å². The summed E-state index contributed by atoms with van der Waals surface area (Å²) < 4.78 is 21.0. The highest BCUT2D eigenvalue weighted by molar-refractivity contribution is 7.63. The van der Waals surface area contributed by atoms with Crippen molar-refractivity contribution in [3.63, 3.8) is 0 Å². The third-order valence-corrected chi connectivity index (χ3v) is 13.9. The van der Waals surface area contributed by atoms with Gasteiger partial charge in [-0.3, -0.25) is 0 Å². The van der Waals surface area contributed by atoms with Gasteiger partial charge in [0.05, 0.1) is 19.1 Å². The summed E-state index contributed by atoms with van der Waals surface area (Å²) in [5.41, 5.74) is 0. The van der Waals surface area contributed by atoms with Gasteiger partial charge in [0.1, 0.15) is 18.9 Å². The molecule has 1 N–H and O–H groups in total. The molecule has 6 nitrogen and oxygen atoms in total. The van der Waals surface area contributed by atoms with Crippen molar-refractivity contribution in [1.29, 1.82) is 5.26 Å². The zero-order valence-electron chi connectivity index (χ0n) is 37.9. The largest absolute Gasteiger partial charge is 0.379 e. The minimum absolute atomic E-state index is 0.116. The molecular weight excluding hydrogens is 700 g/mol. The van der Waals surface area contributed by atoms with Gasteiger partial charge in [-0.1, -0.05) is 180 Å². The number of rotatable bonds is 44. The van der Waals surface area contributed by atoms with E-state index in [0.717, 1.165) is 19.4 Å². The molecule has 0 bridgehead atoms. The summed E-state index contributed by atoms with van der Waals surface area (Å²) in [6.45, 7) is 15.1. The maximum Gasteiger partial charge on any atom is 0.346 e. The Hall–Kier alpha value is -0.540. The summed E-state index contributed by atoms with van der Waals surface area (Å²) in [5.74, 6) is 0. The van der Waals surface area contributed by atoms with E-state index >= 15 is 0 Å². The van der Waals surface area contributed by atoms with Crippen LogP contribution in [0.4, 0.5) is 0 Å². The van der Waals surface area contributed by atoms with Crippen LogP contribution in [0.25, 0.3) is 0 Å². The number of allylic oxidation sites excluding steroid dienone is 2. The topological polar surface area (TPSA) is 75.0 Å². The predicted octanol–water partition coefficient (Wildman–Crippen LogP) is 15.5. The minimum Gasteiger partial charge on any atom is -0.379 e. The van der Waals surface area contributed by atoms with E-state index in [9.17, 15) is 10.2 Å². The molecule has 0 rings (SSSR count). The molecule has 0 aliphatic carbocycles. The molecule has 0 saturated heterocycles. The quantitative estimate of drug-likeness (QED) is 0.0376. The zero-order valence-corrected chi connectivity index (χ0v) is 38.8. The lowest BCUT2D eigenvalue weighted by Gasteiger charge is -2.35. The molecule has 0 heterocycles. The second-order valence-corrected chi connectivity index (χ2v) is 19.5. The van der Waals surface area contributed by atoms with Gasteiger partial charge in [0.2, 0.25) is 0 Å². The first-order valence-corrected chi connectivity index (χ1v) is 25.9. The first kappa shape index (κ1) is 54.5. The molecule has 0 aromatic carbocycles. The highest BCUT2D eigenvalue weighted by Gasteiger charge is 2.49. The average Bonchev–Trinajstić information content (AvgIpc) is 3.16. The van der Waals surface area contributed by atoms with Gasteiger partial charge < -0.3 is 9.47 Å². The third-order valence-electron chi connectivity index (χ3n) is 10.9. The van der Waals surface area contributed by atoms with Crippen molar-refractivity contribution in [2.45, 2.75) is 259 Å². The van der Waals surface area contributed by atoms with Crippen LogP contribution in [-0.4, -0.2) is 60.3 Å². The molecule has 0 radical (unpaired) electrons. The second-order valence-electron chi connectivity index (χ2n) is 17.0. The second kappa shape index (κ2) is 41.6. The Morgan fingerprint density at radius 2 is 0.927 bits per heavy atom. The lowest BCUT2D eigenvalue weighted by Crippen LogP contribution is -2.40. The normalized spacial score (nSPS) is 13.8. The fraction of sp³-hybridized carbons (Fsp3) is 0.938. The van der Waals surface area contributed by atoms with Gasteiger partial charge in [0, 0.05) is 25.3 Å². The molecular formula is C48H96N2O4P+. The molecule has 7 heteroatoms. The Morgan fingerprint density at radius 3 is 1.33 bits per heavy atom. The van der Waals surface area contributed by atoms with Gasteiger partial charge in [0.25, 0.3) is 0 Å². The smallest absolute Gasteiger partial charge is 0.346 e. The Bertz CT molecular complexity index is 842. The van der Waals surface area contributed by atoms with E-state index in [4.69, 9.17) is 14.0 Å². The summed E-state index contributed by atoms with van der Waals surface area (Å²) in [6, 6.07) is 2.45. The molecule has 55 heavy (non-hydrogen) atoms. The molecule has 0 spiro atoms. The molecule has 0 amide bonds. The van der Waals surface area contributed by atoms with Crippen molar-refractivity contribution in [2.75, 3.05) is 32.6 Å². The SMILES string of the molecule is CCCCCCCC/C=C\CCCCCCCCCCCCOCC(CO[P+](O)(CCC#N)N(C(C)C)C(C)C)OCCCCCCCCCCCCCC. The van der Waals surface area contributed by atoms with Crippen molar-refractivity contribution in [3.05, 3.63) is 12.2 Å². The molecule has 326 valence electrons. The number of nitriles is 1. The predicted molar refractivity (Wildman–Crippen MR) is 242 cm³/mol. The van der Waals surface area contributed by atoms with Crippen molar-refractivity contribution in [1.82, 2.24) is 4.67 Å². The lowest BCUT2D eigenvalue weighted by molar-refractivity contribution is -0.0418. The molecule has 0 fully saturated rings. The van der Waals surface area contributed by atoms with Gasteiger partial charge in [0.15, 0.2) is 0 Å². The van der Waals surface area contributed by atoms with E-state index in [2.05, 4.69) is 64.4 Å². The summed E-state index contributed by atoms with van der Waals surface area (Å²) in [5, 5.41) is 9.33. The number of hydrogen-bond donors (Lipinski definition) is 1. The Balaban J connectivity index is 4.34. The molecule has 0 aliphatic rings. The maximum absolute atomic E-state index is 11.8. The highest BCUT2D eigenvalue weighted by Crippen LogP contribution is 2.61. The van der Waals surface area contributed by atoms with Crippen molar-refractivity contribution in [2.24, 2.45) is 0 Å². The first-order valence-electron chi connectivity index (χ1n) is 24.1. The summed E-state index contributed by atoms with van der Waals surface area (Å²) in [7, 11) is -2.94. The van der Waals surface area contributed by atoms with Crippen molar-refractivity contribution < 1.29 is 18.9 Å². The Morgan fingerprint density at radius 1 is 0.545 bits per heavy atom. The molecule has 0 aromatic heterocycles. The van der Waals surface area contributed by atoms with Crippen LogP contribution in [-0.2, 0) is 14.0 Å². The molecule has 0 saturated carbocycles. The third kappa shape index (κ3) is 35.2. The van der Waals surface area contributed by atoms with Crippen LogP contribution in [0.2, 0.25) is 0 Å². The number of hydrogen-bond acceptors (Lipinski definition) is 6. The fourth-order valence-electron chi connectivity index (χ4n) is 7.67. The van der Waals surface area contributed by atoms with Crippen molar-refractivity contribution >= 4 is 7.87 Å². The Kier molecular flexibility index (Phi) is 41.2. The van der Waals surface area contributed by atoms with E-state index in [1.807, 2.05) is 0 Å². The van der Waals surface area contributed by atoms with Crippen LogP contribution >= 0.6 is 7.87 Å². The molecule has 0 aliphatic heterocycles. The zero-order chi connectivity index (χ0) is 40.5. The monoisotopic (exact) mass is 796 g/mol. The summed E-state index contributed by atoms with van der Waals surface area (Å²) >= 11 is 0. The Labute approximate surface area is 345 Å². The standard InChI is InChI=1S/C48H96N2O4P/c1-7-9-11-13-15-17-19-21-22-23-24-25-26-27-28-29-31-33-35-37-41-52-44-48(45-54-55(51,43-39-40-49)50(46(3)4)47(5)6)53-42-38-36-34-32-30-20-18-16-14-12-10-8-2/h21-22,46-48,51H,7-20,23-39,41-45H2,1-6H3/q+1/b22-21-. The van der Waals surface area contributed by atoms with E-state index in [-0.39, 0.29) is 24.6 Å². The van der Waals surface area contributed by atoms with Crippen LogP contribution in [0.5, 0.6) is 0 Å². The average molecular weight is 796 g/mol. The number of ether oxygens (including phenoxy) is 2. The number of unbranched alkanes of at least 4 members (excludes halogenated alkanes) is 27. The van der Waals surface area contributed by atoms with Crippen LogP contribution in [0.15, 0.2) is 12.2 Å². The van der Waals surface area contributed by atoms with Crippen LogP contribution in [0.3, 0.4) is 0 Å². The van der Waals surface area contributed by atoms with E-state index in [1.165, 1.54) is 180 Å². The van der Waals surface area contributed by atoms with Crippen LogP contribution in [0.1, 0.15) is 241 Å². The van der Waals surface area contributed by atoms with Gasteiger partial charge in [-0.15, -0.1) is 4.67 Å². The number of nitrogens with zero attached hydrogens (tertiary/aromatic N) is 2. The summed E-state index contributed by atoms with van der Waals surface area (Å²) in [4.78, 5) is 11.8. The fourth-order valence-corrected chi connectivity index (χ4v) is 10.4. The van der Waals surface area contributed by atoms with E-state index in [0.29, 0.717) is 26.0 Å².